The first-order chi connectivity index (χ1) is 10.6. The van der Waals surface area contributed by atoms with E-state index in [1.54, 1.807) is 11.3 Å². The van der Waals surface area contributed by atoms with Crippen LogP contribution in [0.2, 0.25) is 0 Å². The summed E-state index contributed by atoms with van der Waals surface area (Å²) in [4.78, 5) is 15.9. The second-order valence-electron chi connectivity index (χ2n) is 6.67. The second-order valence-corrected chi connectivity index (χ2v) is 7.65. The third kappa shape index (κ3) is 4.47. The SMILES string of the molecule is C[C@H]1C[C@@H](C(=O)N2CCCC2CC(O)c2cccs2)CCN1.Cl. The number of amides is 1. The van der Waals surface area contributed by atoms with Crippen molar-refractivity contribution in [2.24, 2.45) is 5.92 Å². The van der Waals surface area contributed by atoms with Gasteiger partial charge >= 0.3 is 0 Å². The molecule has 0 bridgehead atoms. The summed E-state index contributed by atoms with van der Waals surface area (Å²) in [5.74, 6) is 0.477. The maximum absolute atomic E-state index is 12.8. The molecular weight excluding hydrogens is 332 g/mol. The topological polar surface area (TPSA) is 52.6 Å². The molecule has 2 aliphatic heterocycles. The molecule has 2 saturated heterocycles. The lowest BCUT2D eigenvalue weighted by atomic mass is 9.91. The van der Waals surface area contributed by atoms with Crippen LogP contribution in [0.25, 0.3) is 0 Å². The van der Waals surface area contributed by atoms with Gasteiger partial charge in [0.1, 0.15) is 0 Å². The molecule has 4 atom stereocenters. The van der Waals surface area contributed by atoms with E-state index in [1.807, 2.05) is 17.5 Å². The van der Waals surface area contributed by atoms with E-state index in [1.165, 1.54) is 0 Å². The van der Waals surface area contributed by atoms with E-state index >= 15 is 0 Å². The minimum absolute atomic E-state index is 0. The molecule has 0 spiro atoms. The number of nitrogens with one attached hydrogen (secondary N) is 1. The number of aliphatic hydroxyl groups is 1. The minimum Gasteiger partial charge on any atom is -0.387 e. The summed E-state index contributed by atoms with van der Waals surface area (Å²) >= 11 is 1.59. The summed E-state index contributed by atoms with van der Waals surface area (Å²) in [6.45, 7) is 3.95. The highest BCUT2D eigenvalue weighted by molar-refractivity contribution is 7.10. The number of aliphatic hydroxyl groups excluding tert-OH is 1. The van der Waals surface area contributed by atoms with Crippen LogP contribution in [-0.4, -0.2) is 41.1 Å². The zero-order valence-corrected chi connectivity index (χ0v) is 15.2. The third-order valence-corrected chi connectivity index (χ3v) is 5.97. The summed E-state index contributed by atoms with van der Waals surface area (Å²) < 4.78 is 0. The van der Waals surface area contributed by atoms with Crippen LogP contribution < -0.4 is 5.32 Å². The zero-order valence-electron chi connectivity index (χ0n) is 13.6. The third-order valence-electron chi connectivity index (χ3n) is 5.00. The molecule has 1 amide bonds. The van der Waals surface area contributed by atoms with E-state index in [-0.39, 0.29) is 24.4 Å². The Kier molecular flexibility index (Phi) is 6.89. The number of hydrogen-bond acceptors (Lipinski definition) is 4. The Morgan fingerprint density at radius 1 is 1.52 bits per heavy atom. The number of carbonyl (C=O) groups excluding carboxylic acids is 1. The molecule has 4 nitrogen and oxygen atoms in total. The van der Waals surface area contributed by atoms with Crippen molar-refractivity contribution < 1.29 is 9.90 Å². The first-order valence-corrected chi connectivity index (χ1v) is 9.28. The van der Waals surface area contributed by atoms with Gasteiger partial charge in [-0.2, -0.15) is 0 Å². The quantitative estimate of drug-likeness (QED) is 0.870. The molecule has 2 unspecified atom stereocenters. The number of thiophene rings is 1. The molecule has 2 aliphatic rings. The van der Waals surface area contributed by atoms with Gasteiger partial charge in [0.25, 0.3) is 0 Å². The van der Waals surface area contributed by atoms with Crippen LogP contribution >= 0.6 is 23.7 Å². The molecule has 130 valence electrons. The first kappa shape index (κ1) is 18.7. The van der Waals surface area contributed by atoms with E-state index in [9.17, 15) is 9.90 Å². The highest BCUT2D eigenvalue weighted by Crippen LogP contribution is 2.31. The van der Waals surface area contributed by atoms with Crippen molar-refractivity contribution >= 4 is 29.7 Å². The average Bonchev–Trinajstić information content (AvgIpc) is 3.18. The second kappa shape index (κ2) is 8.47. The molecule has 1 aromatic rings. The van der Waals surface area contributed by atoms with Gasteiger partial charge in [-0.05, 0) is 57.0 Å². The Balaban J connectivity index is 0.00000192. The Labute approximate surface area is 148 Å². The van der Waals surface area contributed by atoms with Gasteiger partial charge in [-0.3, -0.25) is 4.79 Å². The van der Waals surface area contributed by atoms with Crippen LogP contribution in [0.5, 0.6) is 0 Å². The van der Waals surface area contributed by atoms with Crippen molar-refractivity contribution in [2.45, 2.75) is 57.2 Å². The molecule has 6 heteroatoms. The summed E-state index contributed by atoms with van der Waals surface area (Å²) in [6.07, 6.45) is 4.20. The molecule has 0 radical (unpaired) electrons. The number of carbonyl (C=O) groups is 1. The summed E-state index contributed by atoms with van der Waals surface area (Å²) in [6, 6.07) is 4.58. The van der Waals surface area contributed by atoms with Crippen LogP contribution in [0, 0.1) is 5.92 Å². The molecule has 23 heavy (non-hydrogen) atoms. The molecule has 2 fully saturated rings. The fraction of sp³-hybridized carbons (Fsp3) is 0.706. The van der Waals surface area contributed by atoms with Gasteiger partial charge in [-0.15, -0.1) is 23.7 Å². The number of likely N-dealkylation sites (tertiary alicyclic amines) is 1. The first-order valence-electron chi connectivity index (χ1n) is 8.40. The van der Waals surface area contributed by atoms with Gasteiger partial charge < -0.3 is 15.3 Å². The van der Waals surface area contributed by atoms with Gasteiger partial charge in [0.15, 0.2) is 0 Å². The van der Waals surface area contributed by atoms with E-state index in [0.717, 1.165) is 43.6 Å². The van der Waals surface area contributed by atoms with Crippen molar-refractivity contribution in [3.8, 4) is 0 Å². The Morgan fingerprint density at radius 2 is 2.35 bits per heavy atom. The predicted octanol–water partition coefficient (Wildman–Crippen LogP) is 2.97. The van der Waals surface area contributed by atoms with Crippen LogP contribution in [0.15, 0.2) is 17.5 Å². The van der Waals surface area contributed by atoms with Crippen molar-refractivity contribution in [3.63, 3.8) is 0 Å². The van der Waals surface area contributed by atoms with E-state index in [2.05, 4.69) is 17.1 Å². The zero-order chi connectivity index (χ0) is 15.5. The largest absolute Gasteiger partial charge is 0.387 e. The van der Waals surface area contributed by atoms with E-state index in [0.29, 0.717) is 18.4 Å². The van der Waals surface area contributed by atoms with Crippen LogP contribution in [0.3, 0.4) is 0 Å². The van der Waals surface area contributed by atoms with Gasteiger partial charge in [-0.25, -0.2) is 0 Å². The number of halogens is 1. The van der Waals surface area contributed by atoms with Crippen molar-refractivity contribution in [1.82, 2.24) is 10.2 Å². The molecule has 0 aliphatic carbocycles. The lowest BCUT2D eigenvalue weighted by molar-refractivity contribution is -0.138. The molecule has 3 rings (SSSR count). The molecule has 2 N–H and O–H groups in total. The van der Waals surface area contributed by atoms with Gasteiger partial charge in [0.05, 0.1) is 6.10 Å². The standard InChI is InChI=1S/C17H26N2O2S.ClH/c1-12-10-13(6-7-18-12)17(21)19-8-2-4-14(19)11-15(20)16-5-3-9-22-16;/h3,5,9,12-15,18,20H,2,4,6-8,10-11H2,1H3;1H/t12-,13-,14?,15?;/m0./s1. The van der Waals surface area contributed by atoms with Crippen molar-refractivity contribution in [2.75, 3.05) is 13.1 Å². The van der Waals surface area contributed by atoms with Crippen LogP contribution in [0.1, 0.15) is 50.0 Å². The monoisotopic (exact) mass is 358 g/mol. The summed E-state index contributed by atoms with van der Waals surface area (Å²) in [5.41, 5.74) is 0. The maximum Gasteiger partial charge on any atom is 0.226 e. The molecular formula is C17H27ClN2O2S. The van der Waals surface area contributed by atoms with Crippen LogP contribution in [0.4, 0.5) is 0 Å². The van der Waals surface area contributed by atoms with Crippen molar-refractivity contribution in [3.05, 3.63) is 22.4 Å². The molecule has 3 heterocycles. The fourth-order valence-corrected chi connectivity index (χ4v) is 4.54. The van der Waals surface area contributed by atoms with Gasteiger partial charge in [0.2, 0.25) is 5.91 Å². The molecule has 0 aromatic carbocycles. The smallest absolute Gasteiger partial charge is 0.226 e. The Morgan fingerprint density at radius 3 is 3.04 bits per heavy atom. The van der Waals surface area contributed by atoms with Gasteiger partial charge in [-0.1, -0.05) is 6.07 Å². The fourth-order valence-electron chi connectivity index (χ4n) is 3.82. The molecule has 1 aromatic heterocycles. The Hall–Kier alpha value is -0.620. The Bertz CT molecular complexity index is 497. The number of nitrogens with zero attached hydrogens (tertiary/aromatic N) is 1. The number of hydrogen-bond donors (Lipinski definition) is 2. The lowest BCUT2D eigenvalue weighted by Crippen LogP contribution is -2.46. The predicted molar refractivity (Wildman–Crippen MR) is 96.1 cm³/mol. The normalized spacial score (nSPS) is 29.1. The van der Waals surface area contributed by atoms with Crippen LogP contribution in [-0.2, 0) is 4.79 Å². The maximum atomic E-state index is 12.8. The number of rotatable bonds is 4. The molecule has 0 saturated carbocycles. The minimum atomic E-state index is -0.439. The number of piperidine rings is 1. The highest BCUT2D eigenvalue weighted by atomic mass is 35.5. The van der Waals surface area contributed by atoms with E-state index < -0.39 is 6.10 Å². The highest BCUT2D eigenvalue weighted by Gasteiger charge is 2.35. The van der Waals surface area contributed by atoms with Crippen molar-refractivity contribution in [1.29, 1.82) is 0 Å². The van der Waals surface area contributed by atoms with Gasteiger partial charge in [0, 0.05) is 29.4 Å². The lowest BCUT2D eigenvalue weighted by Gasteiger charge is -2.33. The van der Waals surface area contributed by atoms with E-state index in [4.69, 9.17) is 0 Å². The summed E-state index contributed by atoms with van der Waals surface area (Å²) in [5, 5.41) is 15.8. The average molecular weight is 359 g/mol. The summed E-state index contributed by atoms with van der Waals surface area (Å²) in [7, 11) is 0.